The summed E-state index contributed by atoms with van der Waals surface area (Å²) < 4.78 is 13.6. The molecule has 0 aliphatic heterocycles. The Balaban J connectivity index is 1.72. The summed E-state index contributed by atoms with van der Waals surface area (Å²) in [4.78, 5) is 4.25. The van der Waals surface area contributed by atoms with E-state index in [-0.39, 0.29) is 5.82 Å². The van der Waals surface area contributed by atoms with Crippen molar-refractivity contribution in [3.05, 3.63) is 89.0 Å². The standard InChI is InChI=1S/C19H16ClFN2/c20-19-17(12-22-11-15-8-4-5-9-18(15)21)10-16(13-23-19)14-6-2-1-3-7-14/h1-10,13,22H,11-12H2. The predicted octanol–water partition coefficient (Wildman–Crippen LogP) is 4.83. The van der Waals surface area contributed by atoms with Crippen LogP contribution in [0.5, 0.6) is 0 Å². The number of aromatic nitrogens is 1. The first kappa shape index (κ1) is 15.7. The van der Waals surface area contributed by atoms with E-state index in [1.165, 1.54) is 6.07 Å². The summed E-state index contributed by atoms with van der Waals surface area (Å²) >= 11 is 6.17. The number of rotatable bonds is 5. The van der Waals surface area contributed by atoms with Crippen molar-refractivity contribution < 1.29 is 4.39 Å². The van der Waals surface area contributed by atoms with Crippen LogP contribution < -0.4 is 5.32 Å². The molecule has 1 aromatic heterocycles. The first-order valence-electron chi connectivity index (χ1n) is 7.38. The van der Waals surface area contributed by atoms with Crippen molar-refractivity contribution in [1.82, 2.24) is 10.3 Å². The van der Waals surface area contributed by atoms with Crippen LogP contribution in [0.1, 0.15) is 11.1 Å². The van der Waals surface area contributed by atoms with Gasteiger partial charge in [-0.05, 0) is 17.7 Å². The number of halogens is 2. The highest BCUT2D eigenvalue weighted by Crippen LogP contribution is 2.23. The molecular formula is C19H16ClFN2. The largest absolute Gasteiger partial charge is 0.308 e. The second-order valence-corrected chi connectivity index (χ2v) is 5.59. The van der Waals surface area contributed by atoms with Crippen LogP contribution in [0.2, 0.25) is 5.15 Å². The SMILES string of the molecule is Fc1ccccc1CNCc1cc(-c2ccccc2)cnc1Cl. The van der Waals surface area contributed by atoms with Gasteiger partial charge in [0.2, 0.25) is 0 Å². The van der Waals surface area contributed by atoms with Crippen LogP contribution in [-0.4, -0.2) is 4.98 Å². The van der Waals surface area contributed by atoms with Crippen molar-refractivity contribution in [2.45, 2.75) is 13.1 Å². The number of hydrogen-bond donors (Lipinski definition) is 1. The van der Waals surface area contributed by atoms with E-state index >= 15 is 0 Å². The Morgan fingerprint density at radius 1 is 0.870 bits per heavy atom. The molecule has 0 atom stereocenters. The van der Waals surface area contributed by atoms with Crippen molar-refractivity contribution in [1.29, 1.82) is 0 Å². The predicted molar refractivity (Wildman–Crippen MR) is 91.6 cm³/mol. The van der Waals surface area contributed by atoms with Gasteiger partial charge < -0.3 is 5.32 Å². The van der Waals surface area contributed by atoms with Gasteiger partial charge >= 0.3 is 0 Å². The fourth-order valence-corrected chi connectivity index (χ4v) is 2.55. The summed E-state index contributed by atoms with van der Waals surface area (Å²) in [5.41, 5.74) is 3.63. The van der Waals surface area contributed by atoms with Crippen LogP contribution in [0, 0.1) is 5.82 Å². The molecule has 0 spiro atoms. The molecule has 2 aromatic carbocycles. The summed E-state index contributed by atoms with van der Waals surface area (Å²) in [6.07, 6.45) is 1.76. The van der Waals surface area contributed by atoms with Gasteiger partial charge in [0.25, 0.3) is 0 Å². The average molecular weight is 327 g/mol. The molecule has 0 fully saturated rings. The molecule has 0 amide bonds. The van der Waals surface area contributed by atoms with Gasteiger partial charge in [-0.25, -0.2) is 9.37 Å². The minimum absolute atomic E-state index is 0.206. The molecule has 0 saturated heterocycles. The monoisotopic (exact) mass is 326 g/mol. The minimum atomic E-state index is -0.206. The van der Waals surface area contributed by atoms with Crippen LogP contribution in [0.3, 0.4) is 0 Å². The molecule has 0 unspecified atom stereocenters. The summed E-state index contributed by atoms with van der Waals surface area (Å²) in [5.74, 6) is -0.206. The maximum atomic E-state index is 13.6. The third-order valence-corrected chi connectivity index (χ3v) is 3.95. The highest BCUT2D eigenvalue weighted by Gasteiger charge is 2.06. The topological polar surface area (TPSA) is 24.9 Å². The Hall–Kier alpha value is -2.23. The lowest BCUT2D eigenvalue weighted by Gasteiger charge is -2.09. The smallest absolute Gasteiger partial charge is 0.133 e. The molecule has 23 heavy (non-hydrogen) atoms. The molecule has 0 aliphatic carbocycles. The summed E-state index contributed by atoms with van der Waals surface area (Å²) in [5, 5.41) is 3.68. The van der Waals surface area contributed by atoms with Crippen molar-refractivity contribution in [3.8, 4) is 11.1 Å². The van der Waals surface area contributed by atoms with Crippen LogP contribution >= 0.6 is 11.6 Å². The number of benzene rings is 2. The van der Waals surface area contributed by atoms with Gasteiger partial charge in [0.15, 0.2) is 0 Å². The zero-order valence-corrected chi connectivity index (χ0v) is 13.2. The fraction of sp³-hybridized carbons (Fsp3) is 0.105. The lowest BCUT2D eigenvalue weighted by atomic mass is 10.1. The molecule has 116 valence electrons. The van der Waals surface area contributed by atoms with Gasteiger partial charge in [0.05, 0.1) is 0 Å². The zero-order chi connectivity index (χ0) is 16.1. The Bertz CT molecular complexity index is 790. The molecule has 0 saturated carbocycles. The van der Waals surface area contributed by atoms with E-state index in [1.807, 2.05) is 42.5 Å². The number of hydrogen-bond acceptors (Lipinski definition) is 2. The zero-order valence-electron chi connectivity index (χ0n) is 12.5. The first-order valence-corrected chi connectivity index (χ1v) is 7.76. The van der Waals surface area contributed by atoms with E-state index in [0.29, 0.717) is 23.8 Å². The third-order valence-electron chi connectivity index (χ3n) is 3.61. The molecule has 2 nitrogen and oxygen atoms in total. The highest BCUT2D eigenvalue weighted by atomic mass is 35.5. The van der Waals surface area contributed by atoms with E-state index in [4.69, 9.17) is 11.6 Å². The maximum Gasteiger partial charge on any atom is 0.133 e. The van der Waals surface area contributed by atoms with Gasteiger partial charge in [-0.3, -0.25) is 0 Å². The molecule has 4 heteroatoms. The Kier molecular flexibility index (Phi) is 5.01. The number of pyridine rings is 1. The van der Waals surface area contributed by atoms with Crippen molar-refractivity contribution >= 4 is 11.6 Å². The molecular weight excluding hydrogens is 311 g/mol. The molecule has 0 aliphatic rings. The van der Waals surface area contributed by atoms with Crippen LogP contribution in [-0.2, 0) is 13.1 Å². The van der Waals surface area contributed by atoms with E-state index in [1.54, 1.807) is 18.3 Å². The van der Waals surface area contributed by atoms with E-state index in [9.17, 15) is 4.39 Å². The molecule has 3 rings (SSSR count). The second-order valence-electron chi connectivity index (χ2n) is 5.23. The second kappa shape index (κ2) is 7.36. The highest BCUT2D eigenvalue weighted by molar-refractivity contribution is 6.30. The molecule has 1 heterocycles. The Labute approximate surface area is 140 Å². The van der Waals surface area contributed by atoms with Gasteiger partial charge in [0.1, 0.15) is 11.0 Å². The molecule has 0 radical (unpaired) electrons. The van der Waals surface area contributed by atoms with Gasteiger partial charge in [-0.1, -0.05) is 60.1 Å². The van der Waals surface area contributed by atoms with E-state index in [0.717, 1.165) is 16.7 Å². The minimum Gasteiger partial charge on any atom is -0.308 e. The average Bonchev–Trinajstić information content (AvgIpc) is 2.59. The van der Waals surface area contributed by atoms with Crippen LogP contribution in [0.4, 0.5) is 4.39 Å². The Morgan fingerprint density at radius 3 is 2.35 bits per heavy atom. The summed E-state index contributed by atoms with van der Waals surface area (Å²) in [6, 6.07) is 18.8. The van der Waals surface area contributed by atoms with Crippen molar-refractivity contribution in [3.63, 3.8) is 0 Å². The summed E-state index contributed by atoms with van der Waals surface area (Å²) in [6.45, 7) is 0.972. The Morgan fingerprint density at radius 2 is 1.57 bits per heavy atom. The molecule has 1 N–H and O–H groups in total. The first-order chi connectivity index (χ1) is 11.2. The quantitative estimate of drug-likeness (QED) is 0.679. The third kappa shape index (κ3) is 3.95. The van der Waals surface area contributed by atoms with Crippen LogP contribution in [0.15, 0.2) is 66.9 Å². The lowest BCUT2D eigenvalue weighted by molar-refractivity contribution is 0.588. The molecule has 3 aromatic rings. The number of nitrogens with zero attached hydrogens (tertiary/aromatic N) is 1. The van der Waals surface area contributed by atoms with Crippen LogP contribution in [0.25, 0.3) is 11.1 Å². The van der Waals surface area contributed by atoms with Gasteiger partial charge in [-0.2, -0.15) is 0 Å². The maximum absolute atomic E-state index is 13.6. The van der Waals surface area contributed by atoms with Gasteiger partial charge in [0, 0.05) is 36.0 Å². The van der Waals surface area contributed by atoms with E-state index < -0.39 is 0 Å². The molecule has 0 bridgehead atoms. The number of nitrogens with one attached hydrogen (secondary N) is 1. The van der Waals surface area contributed by atoms with Crippen molar-refractivity contribution in [2.75, 3.05) is 0 Å². The summed E-state index contributed by atoms with van der Waals surface area (Å²) in [7, 11) is 0. The van der Waals surface area contributed by atoms with E-state index in [2.05, 4.69) is 10.3 Å². The fourth-order valence-electron chi connectivity index (χ4n) is 2.38. The lowest BCUT2D eigenvalue weighted by Crippen LogP contribution is -2.14. The normalized spacial score (nSPS) is 10.7. The van der Waals surface area contributed by atoms with Crippen molar-refractivity contribution in [2.24, 2.45) is 0 Å². The van der Waals surface area contributed by atoms with Gasteiger partial charge in [-0.15, -0.1) is 0 Å².